The van der Waals surface area contributed by atoms with Gasteiger partial charge >= 0.3 is 0 Å². The highest BCUT2D eigenvalue weighted by atomic mass is 16.4. The van der Waals surface area contributed by atoms with E-state index >= 15 is 0 Å². The van der Waals surface area contributed by atoms with Gasteiger partial charge in [-0.15, -0.1) is 0 Å². The molecule has 1 amide bonds. The van der Waals surface area contributed by atoms with Crippen molar-refractivity contribution in [3.63, 3.8) is 0 Å². The maximum Gasteiger partial charge on any atom is 0.283 e. The van der Waals surface area contributed by atoms with Crippen LogP contribution in [0.15, 0.2) is 29.7 Å². The topological polar surface area (TPSA) is 79.6 Å². The number of hydrogen-bond donors (Lipinski definition) is 2. The fourth-order valence-corrected chi connectivity index (χ4v) is 0.907. The Bertz CT molecular complexity index is 319. The standard InChI is InChI=1S/C8H9N3O2/c9-8(12)6-11-3-1-7(2-4-11)5-10-13/h1-5H,6H2,(H2,9,12)/p+1. The summed E-state index contributed by atoms with van der Waals surface area (Å²) in [6.07, 6.45) is 4.66. The predicted octanol–water partition coefficient (Wildman–Crippen LogP) is -0.732. The molecule has 0 unspecified atom stereocenters. The Labute approximate surface area is 75.1 Å². The molecule has 1 heterocycles. The lowest BCUT2D eigenvalue weighted by Crippen LogP contribution is -2.40. The second-order valence-corrected chi connectivity index (χ2v) is 2.51. The van der Waals surface area contributed by atoms with Crippen molar-refractivity contribution < 1.29 is 14.6 Å². The molecule has 3 N–H and O–H groups in total. The van der Waals surface area contributed by atoms with Crippen LogP contribution in [0.2, 0.25) is 0 Å². The lowest BCUT2D eigenvalue weighted by atomic mass is 10.3. The van der Waals surface area contributed by atoms with E-state index in [0.29, 0.717) is 0 Å². The minimum absolute atomic E-state index is 0.149. The van der Waals surface area contributed by atoms with E-state index in [2.05, 4.69) is 5.16 Å². The summed E-state index contributed by atoms with van der Waals surface area (Å²) >= 11 is 0. The van der Waals surface area contributed by atoms with Gasteiger partial charge < -0.3 is 10.9 Å². The molecule has 0 aliphatic rings. The minimum Gasteiger partial charge on any atom is -0.411 e. The van der Waals surface area contributed by atoms with Crippen molar-refractivity contribution in [2.75, 3.05) is 0 Å². The summed E-state index contributed by atoms with van der Waals surface area (Å²) < 4.78 is 1.64. The van der Waals surface area contributed by atoms with E-state index in [4.69, 9.17) is 10.9 Å². The first-order valence-corrected chi connectivity index (χ1v) is 3.67. The summed E-state index contributed by atoms with van der Waals surface area (Å²) in [5.41, 5.74) is 5.75. The number of oxime groups is 1. The molecule has 0 fully saturated rings. The monoisotopic (exact) mass is 180 g/mol. The van der Waals surface area contributed by atoms with Gasteiger partial charge in [-0.2, -0.15) is 4.57 Å². The molecule has 0 bridgehead atoms. The van der Waals surface area contributed by atoms with Crippen molar-refractivity contribution in [1.82, 2.24) is 0 Å². The van der Waals surface area contributed by atoms with Crippen molar-refractivity contribution in [3.8, 4) is 0 Å². The van der Waals surface area contributed by atoms with Crippen molar-refractivity contribution >= 4 is 12.1 Å². The molecule has 0 radical (unpaired) electrons. The highest BCUT2D eigenvalue weighted by Gasteiger charge is 2.03. The molecule has 1 aromatic rings. The summed E-state index contributed by atoms with van der Waals surface area (Å²) in [6.45, 7) is 0.149. The number of nitrogens with zero attached hydrogens (tertiary/aromatic N) is 2. The highest BCUT2D eigenvalue weighted by Crippen LogP contribution is 1.89. The van der Waals surface area contributed by atoms with Gasteiger partial charge in [-0.25, -0.2) is 0 Å². The smallest absolute Gasteiger partial charge is 0.283 e. The quantitative estimate of drug-likeness (QED) is 0.278. The van der Waals surface area contributed by atoms with Crippen LogP contribution in [-0.2, 0) is 11.3 Å². The van der Waals surface area contributed by atoms with E-state index in [9.17, 15) is 4.79 Å². The summed E-state index contributed by atoms with van der Waals surface area (Å²) in [4.78, 5) is 10.5. The van der Waals surface area contributed by atoms with Crippen molar-refractivity contribution in [2.45, 2.75) is 6.54 Å². The van der Waals surface area contributed by atoms with E-state index in [0.717, 1.165) is 5.56 Å². The third-order valence-corrected chi connectivity index (χ3v) is 1.46. The van der Waals surface area contributed by atoms with Gasteiger partial charge in [0.1, 0.15) is 0 Å². The zero-order chi connectivity index (χ0) is 9.68. The fourth-order valence-electron chi connectivity index (χ4n) is 0.907. The third kappa shape index (κ3) is 2.90. The van der Waals surface area contributed by atoms with Crippen LogP contribution < -0.4 is 10.3 Å². The maximum absolute atomic E-state index is 10.5. The first-order valence-electron chi connectivity index (χ1n) is 3.67. The fraction of sp³-hybridized carbons (Fsp3) is 0.125. The molecule has 13 heavy (non-hydrogen) atoms. The van der Waals surface area contributed by atoms with Gasteiger partial charge in [-0.3, -0.25) is 4.79 Å². The normalized spacial score (nSPS) is 10.5. The zero-order valence-corrected chi connectivity index (χ0v) is 6.92. The zero-order valence-electron chi connectivity index (χ0n) is 6.92. The maximum atomic E-state index is 10.5. The van der Waals surface area contributed by atoms with E-state index in [1.807, 2.05) is 0 Å². The van der Waals surface area contributed by atoms with E-state index in [1.54, 1.807) is 29.1 Å². The average Bonchev–Trinajstić information content (AvgIpc) is 2.08. The Morgan fingerprint density at radius 3 is 2.69 bits per heavy atom. The third-order valence-electron chi connectivity index (χ3n) is 1.46. The van der Waals surface area contributed by atoms with E-state index in [1.165, 1.54) is 6.21 Å². The first kappa shape index (κ1) is 9.18. The minimum atomic E-state index is -0.395. The van der Waals surface area contributed by atoms with Crippen molar-refractivity contribution in [3.05, 3.63) is 30.1 Å². The number of primary amides is 1. The van der Waals surface area contributed by atoms with Gasteiger partial charge in [0, 0.05) is 17.7 Å². The Balaban J connectivity index is 2.75. The van der Waals surface area contributed by atoms with Crippen LogP contribution in [0.25, 0.3) is 0 Å². The van der Waals surface area contributed by atoms with Crippen LogP contribution in [0.4, 0.5) is 0 Å². The number of carbonyl (C=O) groups is 1. The van der Waals surface area contributed by atoms with Crippen LogP contribution in [0.5, 0.6) is 0 Å². The van der Waals surface area contributed by atoms with Crippen LogP contribution in [-0.4, -0.2) is 17.3 Å². The second kappa shape index (κ2) is 4.20. The van der Waals surface area contributed by atoms with Crippen LogP contribution in [0, 0.1) is 0 Å². The average molecular weight is 180 g/mol. The largest absolute Gasteiger partial charge is 0.411 e. The predicted molar refractivity (Wildman–Crippen MR) is 45.2 cm³/mol. The Kier molecular flexibility index (Phi) is 2.97. The number of rotatable bonds is 3. The number of pyridine rings is 1. The summed E-state index contributed by atoms with van der Waals surface area (Å²) in [5, 5.41) is 11.1. The van der Waals surface area contributed by atoms with Gasteiger partial charge in [0.05, 0.1) is 6.21 Å². The Morgan fingerprint density at radius 1 is 1.62 bits per heavy atom. The highest BCUT2D eigenvalue weighted by molar-refractivity contribution is 5.78. The molecular formula is C8H10N3O2+. The van der Waals surface area contributed by atoms with Gasteiger partial charge in [-0.05, 0) is 0 Å². The molecule has 68 valence electrons. The van der Waals surface area contributed by atoms with Crippen LogP contribution >= 0.6 is 0 Å². The molecule has 1 aromatic heterocycles. The molecule has 0 saturated carbocycles. The molecule has 0 aliphatic heterocycles. The molecule has 0 atom stereocenters. The molecule has 0 saturated heterocycles. The number of carbonyl (C=O) groups excluding carboxylic acids is 1. The summed E-state index contributed by atoms with van der Waals surface area (Å²) in [7, 11) is 0. The molecule has 5 nitrogen and oxygen atoms in total. The van der Waals surface area contributed by atoms with Gasteiger partial charge in [0.25, 0.3) is 5.91 Å². The Hall–Kier alpha value is -1.91. The number of hydrogen-bond acceptors (Lipinski definition) is 3. The number of amides is 1. The van der Waals surface area contributed by atoms with Crippen molar-refractivity contribution in [2.24, 2.45) is 10.9 Å². The molecule has 0 spiro atoms. The molecular weight excluding hydrogens is 170 g/mol. The summed E-state index contributed by atoms with van der Waals surface area (Å²) in [6, 6.07) is 3.42. The lowest BCUT2D eigenvalue weighted by molar-refractivity contribution is -0.684. The van der Waals surface area contributed by atoms with Crippen molar-refractivity contribution in [1.29, 1.82) is 0 Å². The van der Waals surface area contributed by atoms with E-state index < -0.39 is 5.91 Å². The van der Waals surface area contributed by atoms with Gasteiger partial charge in [0.15, 0.2) is 12.4 Å². The number of aromatic nitrogens is 1. The lowest BCUT2D eigenvalue weighted by Gasteiger charge is -1.92. The van der Waals surface area contributed by atoms with Gasteiger partial charge in [-0.1, -0.05) is 5.16 Å². The molecule has 5 heteroatoms. The second-order valence-electron chi connectivity index (χ2n) is 2.51. The number of nitrogens with two attached hydrogens (primary N) is 1. The SMILES string of the molecule is NC(=O)C[n+]1ccc(C=NO)cc1. The molecule has 0 aliphatic carbocycles. The van der Waals surface area contributed by atoms with Crippen LogP contribution in [0.3, 0.4) is 0 Å². The molecule has 0 aromatic carbocycles. The molecule has 1 rings (SSSR count). The Morgan fingerprint density at radius 2 is 2.23 bits per heavy atom. The first-order chi connectivity index (χ1) is 6.22. The van der Waals surface area contributed by atoms with Crippen LogP contribution in [0.1, 0.15) is 5.56 Å². The van der Waals surface area contributed by atoms with Gasteiger partial charge in [0.2, 0.25) is 6.54 Å². The van der Waals surface area contributed by atoms with E-state index in [-0.39, 0.29) is 6.54 Å². The summed E-state index contributed by atoms with van der Waals surface area (Å²) in [5.74, 6) is -0.395.